The molecule has 0 saturated carbocycles. The summed E-state index contributed by atoms with van der Waals surface area (Å²) in [6.07, 6.45) is 10.2. The SMILES string of the molecule is [Ti][C]1=C(C2C=Cc3ccccc32)C=CC1. The fourth-order valence-corrected chi connectivity index (χ4v) is 2.89. The fraction of sp³-hybridized carbons (Fsp3) is 0.143. The molecule has 0 N–H and O–H groups in total. The van der Waals surface area contributed by atoms with Gasteiger partial charge in [-0.25, -0.2) is 0 Å². The zero-order chi connectivity index (χ0) is 10.3. The monoisotopic (exact) mass is 227 g/mol. The maximum atomic E-state index is 2.32. The standard InChI is InChI=1S/C14H11.Ti/c1-2-6-11(5-1)14-10-9-12-7-3-4-8-13(12)14;/h1,3-5,7-10,14H,2H2;. The van der Waals surface area contributed by atoms with Gasteiger partial charge in [0.2, 0.25) is 0 Å². The molecule has 0 amide bonds. The summed E-state index contributed by atoms with van der Waals surface area (Å²) < 4.78 is 1.52. The molecule has 0 saturated heterocycles. The van der Waals surface area contributed by atoms with Gasteiger partial charge in [-0.05, 0) is 0 Å². The van der Waals surface area contributed by atoms with Crippen molar-refractivity contribution in [2.75, 3.05) is 0 Å². The number of fused-ring (bicyclic) bond motifs is 1. The van der Waals surface area contributed by atoms with E-state index in [0.29, 0.717) is 5.92 Å². The molecular formula is C14H11Ti. The van der Waals surface area contributed by atoms with Crippen molar-refractivity contribution in [3.8, 4) is 0 Å². The number of benzene rings is 1. The van der Waals surface area contributed by atoms with Crippen molar-refractivity contribution in [3.63, 3.8) is 0 Å². The van der Waals surface area contributed by atoms with Gasteiger partial charge in [0.25, 0.3) is 0 Å². The molecule has 0 aromatic heterocycles. The molecular weight excluding hydrogens is 216 g/mol. The summed E-state index contributed by atoms with van der Waals surface area (Å²) in [5.74, 6) is 0.500. The van der Waals surface area contributed by atoms with Crippen LogP contribution < -0.4 is 0 Å². The Morgan fingerprint density at radius 1 is 1.13 bits per heavy atom. The first kappa shape index (κ1) is 9.39. The van der Waals surface area contributed by atoms with E-state index in [-0.39, 0.29) is 0 Å². The van der Waals surface area contributed by atoms with Crippen LogP contribution in [0.2, 0.25) is 0 Å². The molecule has 1 aromatic carbocycles. The molecule has 0 radical (unpaired) electrons. The third-order valence-electron chi connectivity index (χ3n) is 3.10. The topological polar surface area (TPSA) is 0 Å². The molecule has 3 rings (SSSR count). The summed E-state index contributed by atoms with van der Waals surface area (Å²) >= 11 is 2.24. The van der Waals surface area contributed by atoms with Gasteiger partial charge in [-0.3, -0.25) is 0 Å². The van der Waals surface area contributed by atoms with Crippen LogP contribution in [0, 0.1) is 0 Å². The van der Waals surface area contributed by atoms with Gasteiger partial charge in [0.15, 0.2) is 0 Å². The molecule has 15 heavy (non-hydrogen) atoms. The Bertz CT molecular complexity index is 492. The molecule has 0 aliphatic heterocycles. The van der Waals surface area contributed by atoms with Crippen LogP contribution in [0.1, 0.15) is 23.5 Å². The second-order valence-electron chi connectivity index (χ2n) is 4.01. The molecule has 0 fully saturated rings. The average molecular weight is 227 g/mol. The maximum absolute atomic E-state index is 2.32. The van der Waals surface area contributed by atoms with Crippen LogP contribution in [0.15, 0.2) is 51.9 Å². The first-order valence-electron chi connectivity index (χ1n) is 5.24. The van der Waals surface area contributed by atoms with E-state index in [4.69, 9.17) is 0 Å². The van der Waals surface area contributed by atoms with E-state index >= 15 is 0 Å². The van der Waals surface area contributed by atoms with E-state index in [1.165, 1.54) is 20.6 Å². The summed E-state index contributed by atoms with van der Waals surface area (Å²) in [5.41, 5.74) is 4.33. The van der Waals surface area contributed by atoms with Crippen LogP contribution >= 0.6 is 0 Å². The van der Waals surface area contributed by atoms with Crippen molar-refractivity contribution >= 4 is 6.08 Å². The zero-order valence-electron chi connectivity index (χ0n) is 8.40. The van der Waals surface area contributed by atoms with Crippen LogP contribution in [-0.2, 0) is 20.4 Å². The van der Waals surface area contributed by atoms with Gasteiger partial charge in [0.05, 0.1) is 0 Å². The molecule has 0 spiro atoms. The third-order valence-corrected chi connectivity index (χ3v) is 3.87. The average Bonchev–Trinajstić information content (AvgIpc) is 2.83. The van der Waals surface area contributed by atoms with Crippen molar-refractivity contribution in [2.24, 2.45) is 0 Å². The van der Waals surface area contributed by atoms with Crippen molar-refractivity contribution in [2.45, 2.75) is 12.3 Å². The summed E-state index contributed by atoms with van der Waals surface area (Å²) in [4.78, 5) is 0. The Morgan fingerprint density at radius 3 is 2.80 bits per heavy atom. The van der Waals surface area contributed by atoms with Crippen LogP contribution in [0.3, 0.4) is 0 Å². The van der Waals surface area contributed by atoms with E-state index in [1.807, 2.05) is 0 Å². The second kappa shape index (κ2) is 3.62. The number of hydrogen-bond donors (Lipinski definition) is 0. The first-order valence-corrected chi connectivity index (χ1v) is 6.02. The Hall–Kier alpha value is -0.846. The van der Waals surface area contributed by atoms with Gasteiger partial charge in [-0.1, -0.05) is 0 Å². The zero-order valence-corrected chi connectivity index (χ0v) is 9.96. The van der Waals surface area contributed by atoms with Crippen molar-refractivity contribution in [1.29, 1.82) is 0 Å². The van der Waals surface area contributed by atoms with Gasteiger partial charge in [0.1, 0.15) is 0 Å². The summed E-state index contributed by atoms with van der Waals surface area (Å²) in [6, 6.07) is 8.68. The third kappa shape index (κ3) is 1.49. The van der Waals surface area contributed by atoms with Crippen LogP contribution in [0.4, 0.5) is 0 Å². The van der Waals surface area contributed by atoms with Crippen LogP contribution in [0.25, 0.3) is 6.08 Å². The van der Waals surface area contributed by atoms with Gasteiger partial charge < -0.3 is 0 Å². The second-order valence-corrected chi connectivity index (χ2v) is 4.95. The normalized spacial score (nSPS) is 22.5. The van der Waals surface area contributed by atoms with Crippen LogP contribution in [0.5, 0.6) is 0 Å². The van der Waals surface area contributed by atoms with Gasteiger partial charge in [-0.15, -0.1) is 0 Å². The number of allylic oxidation sites excluding steroid dienone is 5. The Kier molecular flexibility index (Phi) is 2.27. The predicted octanol–water partition coefficient (Wildman–Crippen LogP) is 3.56. The number of hydrogen-bond acceptors (Lipinski definition) is 0. The Balaban J connectivity index is 2.08. The minimum atomic E-state index is 0.500. The molecule has 1 unspecified atom stereocenters. The van der Waals surface area contributed by atoms with Gasteiger partial charge in [-0.2, -0.15) is 0 Å². The van der Waals surface area contributed by atoms with Crippen LogP contribution in [-0.4, -0.2) is 0 Å². The van der Waals surface area contributed by atoms with E-state index in [1.54, 1.807) is 0 Å². The minimum absolute atomic E-state index is 0.500. The summed E-state index contributed by atoms with van der Waals surface area (Å²) in [7, 11) is 0. The quantitative estimate of drug-likeness (QED) is 0.643. The summed E-state index contributed by atoms with van der Waals surface area (Å²) in [5, 5.41) is 0. The molecule has 2 aliphatic rings. The fourth-order valence-electron chi connectivity index (χ4n) is 2.33. The van der Waals surface area contributed by atoms with E-state index in [9.17, 15) is 0 Å². The van der Waals surface area contributed by atoms with Crippen molar-refractivity contribution in [1.82, 2.24) is 0 Å². The Morgan fingerprint density at radius 2 is 2.00 bits per heavy atom. The molecule has 2 aliphatic carbocycles. The van der Waals surface area contributed by atoms with Crippen molar-refractivity contribution < 1.29 is 20.4 Å². The summed E-state index contributed by atoms with van der Waals surface area (Å²) in [6.45, 7) is 0. The van der Waals surface area contributed by atoms with Crippen molar-refractivity contribution in [3.05, 3.63) is 63.1 Å². The van der Waals surface area contributed by atoms with E-state index in [0.717, 1.165) is 6.42 Å². The molecule has 1 aromatic rings. The Labute approximate surface area is 102 Å². The first-order chi connectivity index (χ1) is 7.36. The van der Waals surface area contributed by atoms with Gasteiger partial charge >= 0.3 is 102 Å². The van der Waals surface area contributed by atoms with E-state index < -0.39 is 0 Å². The molecule has 0 bridgehead atoms. The molecule has 1 atom stereocenters. The van der Waals surface area contributed by atoms with Gasteiger partial charge in [0, 0.05) is 0 Å². The molecule has 0 nitrogen and oxygen atoms in total. The predicted molar refractivity (Wildman–Crippen MR) is 59.0 cm³/mol. The molecule has 1 heteroatoms. The van der Waals surface area contributed by atoms with E-state index in [2.05, 4.69) is 69.0 Å². The number of rotatable bonds is 1. The molecule has 0 heterocycles. The molecule has 71 valence electrons.